The Morgan fingerprint density at radius 3 is 2.68 bits per heavy atom. The Kier molecular flexibility index (Phi) is 4.39. The number of pyridine rings is 1. The lowest BCUT2D eigenvalue weighted by Crippen LogP contribution is -2.35. The maximum absolute atomic E-state index is 13.0. The molecule has 0 atom stereocenters. The minimum Gasteiger partial charge on any atom is -0.508 e. The van der Waals surface area contributed by atoms with E-state index in [1.54, 1.807) is 11.1 Å². The van der Waals surface area contributed by atoms with Crippen LogP contribution in [0.4, 0.5) is 11.5 Å². The van der Waals surface area contributed by atoms with Gasteiger partial charge in [0.2, 0.25) is 0 Å². The zero-order chi connectivity index (χ0) is 19.8. The van der Waals surface area contributed by atoms with E-state index < -0.39 is 0 Å². The lowest BCUT2D eigenvalue weighted by atomic mass is 9.95. The number of aryl methyl sites for hydroxylation is 2. The van der Waals surface area contributed by atoms with Gasteiger partial charge in [-0.15, -0.1) is 0 Å². The van der Waals surface area contributed by atoms with Crippen LogP contribution >= 0.6 is 0 Å². The molecule has 0 fully saturated rings. The minimum absolute atomic E-state index is 0.0786. The van der Waals surface area contributed by atoms with E-state index in [0.717, 1.165) is 40.8 Å². The first-order valence-electron chi connectivity index (χ1n) is 9.13. The second-order valence-corrected chi connectivity index (χ2v) is 7.03. The fraction of sp³-hybridized carbons (Fsp3) is 0.182. The van der Waals surface area contributed by atoms with E-state index in [1.165, 1.54) is 18.2 Å². The molecule has 142 valence electrons. The Morgan fingerprint density at radius 1 is 1.11 bits per heavy atom. The second-order valence-electron chi connectivity index (χ2n) is 7.03. The van der Waals surface area contributed by atoms with E-state index in [9.17, 15) is 15.0 Å². The largest absolute Gasteiger partial charge is 0.508 e. The first kappa shape index (κ1) is 17.9. The number of benzene rings is 2. The molecule has 0 bridgehead atoms. The molecule has 1 aliphatic rings. The van der Waals surface area contributed by atoms with Crippen LogP contribution in [-0.4, -0.2) is 27.6 Å². The number of hydrogen-bond acceptors (Lipinski definition) is 5. The number of nitrogen functional groups attached to an aromatic ring is 1. The molecule has 2 aromatic carbocycles. The Hall–Kier alpha value is -3.54. The third-order valence-corrected chi connectivity index (χ3v) is 5.11. The number of rotatable bonds is 2. The zero-order valence-corrected chi connectivity index (χ0v) is 15.5. The van der Waals surface area contributed by atoms with Crippen LogP contribution in [0.3, 0.4) is 0 Å². The molecule has 0 spiro atoms. The first-order valence-corrected chi connectivity index (χ1v) is 9.13. The molecule has 2 heterocycles. The summed E-state index contributed by atoms with van der Waals surface area (Å²) in [5.74, 6) is -0.0642. The number of hydrogen-bond donors (Lipinski definition) is 3. The van der Waals surface area contributed by atoms with Crippen molar-refractivity contribution in [2.24, 2.45) is 0 Å². The van der Waals surface area contributed by atoms with Crippen molar-refractivity contribution >= 4 is 17.4 Å². The van der Waals surface area contributed by atoms with Crippen LogP contribution < -0.4 is 10.6 Å². The second kappa shape index (κ2) is 6.88. The van der Waals surface area contributed by atoms with Gasteiger partial charge in [0.1, 0.15) is 17.3 Å². The van der Waals surface area contributed by atoms with Crippen molar-refractivity contribution in [3.05, 3.63) is 65.4 Å². The molecule has 4 rings (SSSR count). The van der Waals surface area contributed by atoms with Crippen LogP contribution in [0.2, 0.25) is 0 Å². The van der Waals surface area contributed by atoms with Crippen molar-refractivity contribution in [1.82, 2.24) is 4.98 Å². The average Bonchev–Trinajstić information content (AvgIpc) is 2.68. The van der Waals surface area contributed by atoms with E-state index in [2.05, 4.69) is 11.1 Å². The van der Waals surface area contributed by atoms with E-state index in [0.29, 0.717) is 12.4 Å². The Morgan fingerprint density at radius 2 is 1.93 bits per heavy atom. The molecule has 28 heavy (non-hydrogen) atoms. The normalized spacial score (nSPS) is 13.2. The van der Waals surface area contributed by atoms with Gasteiger partial charge in [0.05, 0.1) is 5.56 Å². The van der Waals surface area contributed by atoms with Gasteiger partial charge in [-0.05, 0) is 66.8 Å². The highest BCUT2D eigenvalue weighted by molar-refractivity contribution is 6.08. The van der Waals surface area contributed by atoms with Crippen molar-refractivity contribution in [3.63, 3.8) is 0 Å². The summed E-state index contributed by atoms with van der Waals surface area (Å²) in [6.45, 7) is 2.50. The van der Waals surface area contributed by atoms with Crippen LogP contribution in [0.1, 0.15) is 27.9 Å². The highest BCUT2D eigenvalue weighted by Gasteiger charge is 2.25. The van der Waals surface area contributed by atoms with Crippen LogP contribution in [0, 0.1) is 6.92 Å². The predicted octanol–water partition coefficient (Wildman–Crippen LogP) is 3.64. The number of carbonyl (C=O) groups is 1. The average molecular weight is 375 g/mol. The Bertz CT molecular complexity index is 1080. The van der Waals surface area contributed by atoms with Gasteiger partial charge < -0.3 is 20.8 Å². The van der Waals surface area contributed by atoms with Crippen molar-refractivity contribution < 1.29 is 15.0 Å². The smallest absolute Gasteiger partial charge is 0.262 e. The van der Waals surface area contributed by atoms with Crippen molar-refractivity contribution in [3.8, 4) is 22.6 Å². The molecule has 0 radical (unpaired) electrons. The molecule has 6 nitrogen and oxygen atoms in total. The van der Waals surface area contributed by atoms with Gasteiger partial charge in [-0.3, -0.25) is 4.79 Å². The number of nitrogens with two attached hydrogens (primary N) is 1. The number of aromatic hydroxyl groups is 2. The lowest BCUT2D eigenvalue weighted by Gasteiger charge is -2.30. The number of anilines is 2. The quantitative estimate of drug-likeness (QED) is 0.635. The van der Waals surface area contributed by atoms with Crippen LogP contribution in [0.25, 0.3) is 11.1 Å². The van der Waals surface area contributed by atoms with Gasteiger partial charge in [-0.1, -0.05) is 6.07 Å². The molecule has 6 heteroatoms. The topological polar surface area (TPSA) is 99.7 Å². The standard InChI is InChI=1S/C22H21N3O3/c1-13-9-16(12-24-21(13)23)14-4-7-19-15(10-14)3-2-8-25(19)22(28)18-6-5-17(26)11-20(18)27/h4-7,9-12,26-27H,2-3,8H2,1H3,(H2,23,24). The van der Waals surface area contributed by atoms with Crippen molar-refractivity contribution in [1.29, 1.82) is 0 Å². The summed E-state index contributed by atoms with van der Waals surface area (Å²) in [6.07, 6.45) is 3.46. The third-order valence-electron chi connectivity index (χ3n) is 5.11. The summed E-state index contributed by atoms with van der Waals surface area (Å²) in [5, 5.41) is 19.5. The predicted molar refractivity (Wildman–Crippen MR) is 109 cm³/mol. The van der Waals surface area contributed by atoms with Crippen molar-refractivity contribution in [2.75, 3.05) is 17.2 Å². The fourth-order valence-electron chi connectivity index (χ4n) is 3.58. The monoisotopic (exact) mass is 375 g/mol. The Balaban J connectivity index is 1.70. The Labute approximate surface area is 162 Å². The van der Waals surface area contributed by atoms with Crippen LogP contribution in [0.5, 0.6) is 11.5 Å². The van der Waals surface area contributed by atoms with Gasteiger partial charge >= 0.3 is 0 Å². The fourth-order valence-corrected chi connectivity index (χ4v) is 3.58. The molecule has 1 amide bonds. The summed E-state index contributed by atoms with van der Waals surface area (Å²) >= 11 is 0. The first-order chi connectivity index (χ1) is 13.4. The SMILES string of the molecule is Cc1cc(-c2ccc3c(c2)CCCN3C(=O)c2ccc(O)cc2O)cnc1N. The minimum atomic E-state index is -0.281. The molecule has 1 aromatic heterocycles. The van der Waals surface area contributed by atoms with Crippen molar-refractivity contribution in [2.45, 2.75) is 19.8 Å². The van der Waals surface area contributed by atoms with Gasteiger partial charge in [0.25, 0.3) is 5.91 Å². The van der Waals surface area contributed by atoms with E-state index >= 15 is 0 Å². The molecule has 0 saturated carbocycles. The molecule has 4 N–H and O–H groups in total. The number of amides is 1. The molecule has 0 unspecified atom stereocenters. The highest BCUT2D eigenvalue weighted by Crippen LogP contribution is 2.34. The summed E-state index contributed by atoms with van der Waals surface area (Å²) in [7, 11) is 0. The summed E-state index contributed by atoms with van der Waals surface area (Å²) in [5.41, 5.74) is 10.8. The van der Waals surface area contributed by atoms with Gasteiger partial charge in [0, 0.05) is 30.1 Å². The number of phenolic OH excluding ortho intramolecular Hbond substituents is 2. The molecule has 0 saturated heterocycles. The van der Waals surface area contributed by atoms with E-state index in [-0.39, 0.29) is 23.0 Å². The maximum Gasteiger partial charge on any atom is 0.262 e. The molecular formula is C22H21N3O3. The number of carbonyl (C=O) groups excluding carboxylic acids is 1. The highest BCUT2D eigenvalue weighted by atomic mass is 16.3. The van der Waals surface area contributed by atoms with Gasteiger partial charge in [0.15, 0.2) is 0 Å². The molecular weight excluding hydrogens is 354 g/mol. The van der Waals surface area contributed by atoms with Crippen LogP contribution in [-0.2, 0) is 6.42 Å². The van der Waals surface area contributed by atoms with E-state index in [1.807, 2.05) is 25.1 Å². The summed E-state index contributed by atoms with van der Waals surface area (Å²) in [6, 6.07) is 12.0. The maximum atomic E-state index is 13.0. The molecule has 0 aliphatic carbocycles. The number of fused-ring (bicyclic) bond motifs is 1. The molecule has 3 aromatic rings. The number of aromatic nitrogens is 1. The molecule has 1 aliphatic heterocycles. The third kappa shape index (κ3) is 3.13. The number of nitrogens with zero attached hydrogens (tertiary/aromatic N) is 2. The summed E-state index contributed by atoms with van der Waals surface area (Å²) < 4.78 is 0. The van der Waals surface area contributed by atoms with Gasteiger partial charge in [-0.2, -0.15) is 0 Å². The number of phenols is 2. The van der Waals surface area contributed by atoms with E-state index in [4.69, 9.17) is 5.73 Å². The zero-order valence-electron chi connectivity index (χ0n) is 15.5. The summed E-state index contributed by atoms with van der Waals surface area (Å²) in [4.78, 5) is 18.9. The lowest BCUT2D eigenvalue weighted by molar-refractivity contribution is 0.0982. The van der Waals surface area contributed by atoms with Crippen LogP contribution in [0.15, 0.2) is 48.7 Å². The van der Waals surface area contributed by atoms with Gasteiger partial charge in [-0.25, -0.2) is 4.98 Å².